The molecule has 1 aromatic heterocycles. The minimum Gasteiger partial charge on any atom is -0.463 e. The Hall–Kier alpha value is -2.38. The largest absolute Gasteiger partial charge is 0.463 e. The first kappa shape index (κ1) is 20.9. The van der Waals surface area contributed by atoms with E-state index >= 15 is 0 Å². The van der Waals surface area contributed by atoms with Crippen molar-refractivity contribution < 1.29 is 14.3 Å². The van der Waals surface area contributed by atoms with Gasteiger partial charge in [-0.3, -0.25) is 9.69 Å². The van der Waals surface area contributed by atoms with Crippen LogP contribution in [-0.4, -0.2) is 18.4 Å². The lowest BCUT2D eigenvalue weighted by Crippen LogP contribution is -2.40. The van der Waals surface area contributed by atoms with E-state index in [1.165, 1.54) is 11.3 Å². The van der Waals surface area contributed by atoms with Crippen LogP contribution in [0.15, 0.2) is 62.8 Å². The van der Waals surface area contributed by atoms with Gasteiger partial charge in [-0.25, -0.2) is 4.79 Å². The molecule has 5 nitrogen and oxygen atoms in total. The summed E-state index contributed by atoms with van der Waals surface area (Å²) in [6.07, 6.45) is 1.97. The third-order valence-electron chi connectivity index (χ3n) is 5.46. The molecule has 0 saturated heterocycles. The summed E-state index contributed by atoms with van der Waals surface area (Å²) >= 11 is 5.01. The lowest BCUT2D eigenvalue weighted by Gasteiger charge is -2.40. The Kier molecular flexibility index (Phi) is 5.84. The van der Waals surface area contributed by atoms with Crippen molar-refractivity contribution in [2.75, 3.05) is 11.5 Å². The second-order valence-corrected chi connectivity index (χ2v) is 9.90. The second-order valence-electron chi connectivity index (χ2n) is 7.40. The third kappa shape index (κ3) is 3.61. The Morgan fingerprint density at radius 1 is 1.23 bits per heavy atom. The van der Waals surface area contributed by atoms with Gasteiger partial charge in [0.25, 0.3) is 0 Å². The standard InChI is InChI=1S/C23H23BrN2O3S/c1-3-29-23(28)21-20(17-11-12-18(24)30-17)19-15(5-4-6-16(19)27)26(22(21)25)14-9-7-13(2)8-10-14/h7-12,20H,3-6,25H2,1-2H3/t20-/m1/s1. The number of anilines is 1. The van der Waals surface area contributed by atoms with Crippen molar-refractivity contribution in [1.29, 1.82) is 0 Å². The smallest absolute Gasteiger partial charge is 0.338 e. The first-order valence-electron chi connectivity index (χ1n) is 9.97. The molecule has 0 fully saturated rings. The average molecular weight is 487 g/mol. The van der Waals surface area contributed by atoms with Gasteiger partial charge in [-0.1, -0.05) is 17.7 Å². The highest BCUT2D eigenvalue weighted by molar-refractivity contribution is 9.11. The van der Waals surface area contributed by atoms with E-state index < -0.39 is 11.9 Å². The molecule has 1 aliphatic heterocycles. The molecule has 2 N–H and O–H groups in total. The van der Waals surface area contributed by atoms with Crippen molar-refractivity contribution in [3.63, 3.8) is 0 Å². The van der Waals surface area contributed by atoms with Crippen molar-refractivity contribution in [1.82, 2.24) is 0 Å². The molecule has 156 valence electrons. The van der Waals surface area contributed by atoms with Crippen molar-refractivity contribution in [3.8, 4) is 0 Å². The Labute approximate surface area is 188 Å². The van der Waals surface area contributed by atoms with Gasteiger partial charge in [-0.05, 0) is 66.9 Å². The van der Waals surface area contributed by atoms with E-state index in [0.29, 0.717) is 23.4 Å². The zero-order chi connectivity index (χ0) is 21.4. The topological polar surface area (TPSA) is 72.6 Å². The number of thiophene rings is 1. The summed E-state index contributed by atoms with van der Waals surface area (Å²) in [7, 11) is 0. The van der Waals surface area contributed by atoms with E-state index in [9.17, 15) is 9.59 Å². The van der Waals surface area contributed by atoms with Gasteiger partial charge in [-0.15, -0.1) is 11.3 Å². The summed E-state index contributed by atoms with van der Waals surface area (Å²) in [5, 5.41) is 0. The number of nitrogens with zero attached hydrogens (tertiary/aromatic N) is 1. The van der Waals surface area contributed by atoms with Gasteiger partial charge in [0.1, 0.15) is 5.82 Å². The molecule has 0 amide bonds. The van der Waals surface area contributed by atoms with Crippen molar-refractivity contribution in [3.05, 3.63) is 73.3 Å². The summed E-state index contributed by atoms with van der Waals surface area (Å²) in [4.78, 5) is 29.0. The van der Waals surface area contributed by atoms with Crippen LogP contribution >= 0.6 is 27.3 Å². The number of ketones is 1. The van der Waals surface area contributed by atoms with Crippen molar-refractivity contribution in [2.24, 2.45) is 5.73 Å². The molecule has 0 radical (unpaired) electrons. The third-order valence-corrected chi connectivity index (χ3v) is 7.15. The van der Waals surface area contributed by atoms with Crippen LogP contribution in [0.3, 0.4) is 0 Å². The molecule has 1 atom stereocenters. The molecule has 30 heavy (non-hydrogen) atoms. The fourth-order valence-electron chi connectivity index (χ4n) is 4.15. The highest BCUT2D eigenvalue weighted by Crippen LogP contribution is 2.48. The number of carbonyl (C=O) groups excluding carboxylic acids is 2. The van der Waals surface area contributed by atoms with Crippen LogP contribution in [0.4, 0.5) is 5.69 Å². The predicted octanol–water partition coefficient (Wildman–Crippen LogP) is 5.16. The highest BCUT2D eigenvalue weighted by atomic mass is 79.9. The molecule has 7 heteroatoms. The summed E-state index contributed by atoms with van der Waals surface area (Å²) in [6, 6.07) is 11.8. The van der Waals surface area contributed by atoms with Gasteiger partial charge >= 0.3 is 5.97 Å². The van der Waals surface area contributed by atoms with Gasteiger partial charge in [0.05, 0.1) is 21.9 Å². The Morgan fingerprint density at radius 3 is 2.60 bits per heavy atom. The Morgan fingerprint density at radius 2 is 1.97 bits per heavy atom. The number of hydrogen-bond acceptors (Lipinski definition) is 6. The maximum Gasteiger partial charge on any atom is 0.338 e. The number of benzene rings is 1. The lowest BCUT2D eigenvalue weighted by atomic mass is 9.77. The number of ether oxygens (including phenoxy) is 1. The van der Waals surface area contributed by atoms with Gasteiger partial charge < -0.3 is 10.5 Å². The molecule has 4 rings (SSSR count). The zero-order valence-electron chi connectivity index (χ0n) is 16.9. The molecular formula is C23H23BrN2O3S. The number of esters is 1. The van der Waals surface area contributed by atoms with Gasteiger partial charge in [0.2, 0.25) is 0 Å². The lowest BCUT2D eigenvalue weighted by molar-refractivity contribution is -0.138. The van der Waals surface area contributed by atoms with Crippen LogP contribution in [0.25, 0.3) is 0 Å². The molecule has 0 unspecified atom stereocenters. The highest BCUT2D eigenvalue weighted by Gasteiger charge is 2.43. The van der Waals surface area contributed by atoms with Crippen LogP contribution in [-0.2, 0) is 14.3 Å². The summed E-state index contributed by atoms with van der Waals surface area (Å²) < 4.78 is 6.32. The van der Waals surface area contributed by atoms with Crippen LogP contribution in [0.5, 0.6) is 0 Å². The first-order valence-corrected chi connectivity index (χ1v) is 11.6. The second kappa shape index (κ2) is 8.40. The number of halogens is 1. The summed E-state index contributed by atoms with van der Waals surface area (Å²) in [5.74, 6) is -0.589. The average Bonchev–Trinajstić information content (AvgIpc) is 3.14. The number of nitrogens with two attached hydrogens (primary N) is 1. The SMILES string of the molecule is CCOC(=O)C1=C(N)N(c2ccc(C)cc2)C2=C(C(=O)CCC2)[C@H]1c1ccc(Br)s1. The molecule has 0 bridgehead atoms. The maximum atomic E-state index is 13.2. The summed E-state index contributed by atoms with van der Waals surface area (Å²) in [6.45, 7) is 4.02. The van der Waals surface area contributed by atoms with Crippen LogP contribution in [0, 0.1) is 6.92 Å². The molecule has 1 aromatic carbocycles. The molecule has 1 aliphatic carbocycles. The number of carbonyl (C=O) groups is 2. The number of rotatable bonds is 4. The van der Waals surface area contributed by atoms with Crippen LogP contribution in [0.1, 0.15) is 42.5 Å². The number of Topliss-reactive ketones (excluding diaryl/α,β-unsaturated/α-hetero) is 1. The molecule has 2 aromatic rings. The minimum atomic E-state index is -0.509. The van der Waals surface area contributed by atoms with Crippen molar-refractivity contribution >= 4 is 44.7 Å². The number of allylic oxidation sites excluding steroid dienone is 2. The van der Waals surface area contributed by atoms with E-state index in [1.807, 2.05) is 48.2 Å². The van der Waals surface area contributed by atoms with E-state index in [-0.39, 0.29) is 12.4 Å². The molecular weight excluding hydrogens is 464 g/mol. The fourth-order valence-corrected chi connectivity index (χ4v) is 5.70. The molecule has 0 spiro atoms. The minimum absolute atomic E-state index is 0.0668. The summed E-state index contributed by atoms with van der Waals surface area (Å²) in [5.41, 5.74) is 10.5. The van der Waals surface area contributed by atoms with Crippen LogP contribution in [0.2, 0.25) is 0 Å². The predicted molar refractivity (Wildman–Crippen MR) is 122 cm³/mol. The van der Waals surface area contributed by atoms with E-state index in [0.717, 1.165) is 38.5 Å². The molecule has 0 saturated carbocycles. The van der Waals surface area contributed by atoms with Crippen LogP contribution < -0.4 is 10.6 Å². The van der Waals surface area contributed by atoms with E-state index in [4.69, 9.17) is 10.5 Å². The number of aryl methyl sites for hydroxylation is 1. The van der Waals surface area contributed by atoms with Gasteiger partial charge in [0.15, 0.2) is 5.78 Å². The Bertz CT molecular complexity index is 1070. The van der Waals surface area contributed by atoms with E-state index in [1.54, 1.807) is 6.92 Å². The molecule has 2 aliphatic rings. The van der Waals surface area contributed by atoms with Gasteiger partial charge in [0, 0.05) is 28.3 Å². The normalized spacial score (nSPS) is 19.2. The van der Waals surface area contributed by atoms with Gasteiger partial charge in [-0.2, -0.15) is 0 Å². The number of hydrogen-bond donors (Lipinski definition) is 1. The monoisotopic (exact) mass is 486 g/mol. The Balaban J connectivity index is 1.97. The first-order chi connectivity index (χ1) is 14.4. The maximum absolute atomic E-state index is 13.2. The quantitative estimate of drug-likeness (QED) is 0.603. The molecule has 2 heterocycles. The fraction of sp³-hybridized carbons (Fsp3) is 0.304. The van der Waals surface area contributed by atoms with E-state index in [2.05, 4.69) is 15.9 Å². The van der Waals surface area contributed by atoms with Crippen molar-refractivity contribution in [2.45, 2.75) is 39.0 Å². The zero-order valence-corrected chi connectivity index (χ0v) is 19.3.